The fraction of sp³-hybridized carbons (Fsp3) is 0.733. The van der Waals surface area contributed by atoms with E-state index in [1.54, 1.807) is 7.05 Å². The van der Waals surface area contributed by atoms with Crippen molar-refractivity contribution in [2.75, 3.05) is 33.4 Å². The number of aliphatic imine (C=N–C) groups is 1. The topological polar surface area (TPSA) is 63.5 Å². The molecular formula is C15H29N5O. The maximum Gasteiger partial charge on any atom is 0.190 e. The first-order valence-electron chi connectivity index (χ1n) is 7.76. The lowest BCUT2D eigenvalue weighted by molar-refractivity contribution is 0.143. The Labute approximate surface area is 128 Å². The van der Waals surface area contributed by atoms with Crippen molar-refractivity contribution in [2.24, 2.45) is 10.9 Å². The van der Waals surface area contributed by atoms with E-state index in [4.69, 9.17) is 4.74 Å². The Morgan fingerprint density at radius 3 is 2.90 bits per heavy atom. The summed E-state index contributed by atoms with van der Waals surface area (Å²) in [5, 5.41) is 10.9. The Morgan fingerprint density at radius 1 is 1.38 bits per heavy atom. The zero-order chi connectivity index (χ0) is 15.3. The van der Waals surface area contributed by atoms with Gasteiger partial charge in [-0.25, -0.2) is 0 Å². The Kier molecular flexibility index (Phi) is 9.28. The van der Waals surface area contributed by atoms with Gasteiger partial charge in [-0.2, -0.15) is 5.10 Å². The van der Waals surface area contributed by atoms with Crippen molar-refractivity contribution in [3.8, 4) is 0 Å². The molecule has 1 rings (SSSR count). The second kappa shape index (κ2) is 11.1. The molecule has 21 heavy (non-hydrogen) atoms. The van der Waals surface area contributed by atoms with E-state index >= 15 is 0 Å². The van der Waals surface area contributed by atoms with Gasteiger partial charge in [0.15, 0.2) is 5.96 Å². The Bertz CT molecular complexity index is 377. The molecule has 6 heteroatoms. The van der Waals surface area contributed by atoms with Crippen LogP contribution >= 0.6 is 0 Å². The number of aromatic nitrogens is 2. The van der Waals surface area contributed by atoms with Gasteiger partial charge in [0, 0.05) is 52.3 Å². The molecule has 120 valence electrons. The van der Waals surface area contributed by atoms with Gasteiger partial charge in [0.05, 0.1) is 0 Å². The number of guanidine groups is 1. The normalized spacial score (nSPS) is 13.2. The van der Waals surface area contributed by atoms with Crippen LogP contribution in [0.1, 0.15) is 26.7 Å². The average Bonchev–Trinajstić information content (AvgIpc) is 2.98. The molecule has 0 amide bonds. The standard InChI is InChI=1S/C15H29N5O/c1-4-21-11-6-5-8-17-15(16-3)18-12-14(2)13-20-10-7-9-19-20/h7,9-10,14H,4-6,8,11-13H2,1-3H3,(H2,16,17,18). The van der Waals surface area contributed by atoms with Crippen LogP contribution in [0.4, 0.5) is 0 Å². The minimum absolute atomic E-state index is 0.487. The summed E-state index contributed by atoms with van der Waals surface area (Å²) < 4.78 is 7.27. The molecule has 0 saturated carbocycles. The van der Waals surface area contributed by atoms with E-state index in [9.17, 15) is 0 Å². The molecule has 0 fully saturated rings. The lowest BCUT2D eigenvalue weighted by Crippen LogP contribution is -2.40. The van der Waals surface area contributed by atoms with Crippen LogP contribution in [-0.4, -0.2) is 49.1 Å². The Morgan fingerprint density at radius 2 is 2.24 bits per heavy atom. The van der Waals surface area contributed by atoms with Crippen LogP contribution in [0.2, 0.25) is 0 Å². The van der Waals surface area contributed by atoms with Crippen LogP contribution in [-0.2, 0) is 11.3 Å². The van der Waals surface area contributed by atoms with E-state index in [-0.39, 0.29) is 0 Å². The molecule has 0 aliphatic carbocycles. The molecule has 1 aromatic heterocycles. The lowest BCUT2D eigenvalue weighted by atomic mass is 10.2. The molecule has 6 nitrogen and oxygen atoms in total. The summed E-state index contributed by atoms with van der Waals surface area (Å²) in [6.45, 7) is 8.55. The van der Waals surface area contributed by atoms with Crippen LogP contribution < -0.4 is 10.6 Å². The third-order valence-electron chi connectivity index (χ3n) is 3.11. The van der Waals surface area contributed by atoms with Gasteiger partial charge in [-0.1, -0.05) is 6.92 Å². The fourth-order valence-corrected chi connectivity index (χ4v) is 1.96. The lowest BCUT2D eigenvalue weighted by Gasteiger charge is -2.16. The van der Waals surface area contributed by atoms with Crippen LogP contribution in [0.15, 0.2) is 23.5 Å². The van der Waals surface area contributed by atoms with E-state index in [2.05, 4.69) is 27.6 Å². The molecule has 1 heterocycles. The van der Waals surface area contributed by atoms with E-state index in [0.29, 0.717) is 5.92 Å². The van der Waals surface area contributed by atoms with Gasteiger partial charge < -0.3 is 15.4 Å². The summed E-state index contributed by atoms with van der Waals surface area (Å²) in [7, 11) is 1.80. The third-order valence-corrected chi connectivity index (χ3v) is 3.11. The molecule has 0 aromatic carbocycles. The minimum Gasteiger partial charge on any atom is -0.382 e. The molecule has 0 spiro atoms. The molecular weight excluding hydrogens is 266 g/mol. The van der Waals surface area contributed by atoms with E-state index < -0.39 is 0 Å². The molecule has 0 aliphatic heterocycles. The highest BCUT2D eigenvalue weighted by atomic mass is 16.5. The largest absolute Gasteiger partial charge is 0.382 e. The SMILES string of the molecule is CCOCCCCNC(=NC)NCC(C)Cn1cccn1. The van der Waals surface area contributed by atoms with Crippen molar-refractivity contribution < 1.29 is 4.74 Å². The third kappa shape index (κ3) is 8.34. The van der Waals surface area contributed by atoms with Crippen LogP contribution in [0, 0.1) is 5.92 Å². The number of unbranched alkanes of at least 4 members (excludes halogenated alkanes) is 1. The number of nitrogens with zero attached hydrogens (tertiary/aromatic N) is 3. The molecule has 1 aromatic rings. The number of hydrogen-bond donors (Lipinski definition) is 2. The summed E-state index contributed by atoms with van der Waals surface area (Å²) in [5.41, 5.74) is 0. The van der Waals surface area contributed by atoms with Gasteiger partial charge in [-0.3, -0.25) is 9.67 Å². The monoisotopic (exact) mass is 295 g/mol. The zero-order valence-electron chi connectivity index (χ0n) is 13.5. The van der Waals surface area contributed by atoms with E-state index in [1.165, 1.54) is 0 Å². The van der Waals surface area contributed by atoms with Crippen molar-refractivity contribution in [3.63, 3.8) is 0 Å². The second-order valence-electron chi connectivity index (χ2n) is 5.12. The van der Waals surface area contributed by atoms with Gasteiger partial charge in [-0.05, 0) is 31.7 Å². The summed E-state index contributed by atoms with van der Waals surface area (Å²) in [6.07, 6.45) is 5.96. The zero-order valence-corrected chi connectivity index (χ0v) is 13.5. The van der Waals surface area contributed by atoms with Gasteiger partial charge in [-0.15, -0.1) is 0 Å². The minimum atomic E-state index is 0.487. The van der Waals surface area contributed by atoms with Gasteiger partial charge in [0.25, 0.3) is 0 Å². The van der Waals surface area contributed by atoms with Gasteiger partial charge in [0.2, 0.25) is 0 Å². The first-order chi connectivity index (χ1) is 10.3. The number of hydrogen-bond acceptors (Lipinski definition) is 3. The van der Waals surface area contributed by atoms with Crippen molar-refractivity contribution >= 4 is 5.96 Å². The first-order valence-corrected chi connectivity index (χ1v) is 7.76. The number of nitrogens with one attached hydrogen (secondary N) is 2. The van der Waals surface area contributed by atoms with Crippen molar-refractivity contribution in [1.82, 2.24) is 20.4 Å². The van der Waals surface area contributed by atoms with Gasteiger partial charge >= 0.3 is 0 Å². The van der Waals surface area contributed by atoms with E-state index in [1.807, 2.05) is 30.1 Å². The highest BCUT2D eigenvalue weighted by Gasteiger charge is 2.05. The fourth-order valence-electron chi connectivity index (χ4n) is 1.96. The highest BCUT2D eigenvalue weighted by molar-refractivity contribution is 5.79. The number of rotatable bonds is 10. The predicted octanol–water partition coefficient (Wildman–Crippen LogP) is 1.50. The summed E-state index contributed by atoms with van der Waals surface area (Å²) in [5.74, 6) is 1.35. The van der Waals surface area contributed by atoms with Crippen molar-refractivity contribution in [2.45, 2.75) is 33.2 Å². The molecule has 0 bridgehead atoms. The van der Waals surface area contributed by atoms with Crippen LogP contribution in [0.3, 0.4) is 0 Å². The maximum atomic E-state index is 5.31. The highest BCUT2D eigenvalue weighted by Crippen LogP contribution is 1.97. The Hall–Kier alpha value is -1.56. The molecule has 0 saturated heterocycles. The van der Waals surface area contributed by atoms with Crippen LogP contribution in [0.5, 0.6) is 0 Å². The Balaban J connectivity index is 2.10. The first kappa shape index (κ1) is 17.5. The summed E-state index contributed by atoms with van der Waals surface area (Å²) in [4.78, 5) is 4.23. The number of ether oxygens (including phenoxy) is 1. The quantitative estimate of drug-likeness (QED) is 0.390. The summed E-state index contributed by atoms with van der Waals surface area (Å²) >= 11 is 0. The van der Waals surface area contributed by atoms with Crippen LogP contribution in [0.25, 0.3) is 0 Å². The van der Waals surface area contributed by atoms with Crippen molar-refractivity contribution in [3.05, 3.63) is 18.5 Å². The molecule has 1 atom stereocenters. The second-order valence-corrected chi connectivity index (χ2v) is 5.12. The van der Waals surface area contributed by atoms with E-state index in [0.717, 1.165) is 51.6 Å². The predicted molar refractivity (Wildman–Crippen MR) is 86.5 cm³/mol. The maximum absolute atomic E-state index is 5.31. The average molecular weight is 295 g/mol. The van der Waals surface area contributed by atoms with Gasteiger partial charge in [0.1, 0.15) is 0 Å². The van der Waals surface area contributed by atoms with Crippen molar-refractivity contribution in [1.29, 1.82) is 0 Å². The molecule has 0 radical (unpaired) electrons. The summed E-state index contributed by atoms with van der Waals surface area (Å²) in [6, 6.07) is 1.95. The molecule has 2 N–H and O–H groups in total. The molecule has 0 aliphatic rings. The molecule has 1 unspecified atom stereocenters. The smallest absolute Gasteiger partial charge is 0.190 e.